The van der Waals surface area contributed by atoms with Gasteiger partial charge in [-0.3, -0.25) is 4.79 Å². The van der Waals surface area contributed by atoms with Crippen LogP contribution >= 0.6 is 0 Å². The molecule has 0 fully saturated rings. The average molecular weight is 417 g/mol. The van der Waals surface area contributed by atoms with Crippen LogP contribution in [0.5, 0.6) is 5.88 Å². The fourth-order valence-electron chi connectivity index (χ4n) is 4.71. The van der Waals surface area contributed by atoms with E-state index < -0.39 is 0 Å². The van der Waals surface area contributed by atoms with Crippen molar-refractivity contribution in [1.82, 2.24) is 10.3 Å². The number of benzene rings is 1. The Balaban J connectivity index is 1.48. The van der Waals surface area contributed by atoms with Gasteiger partial charge < -0.3 is 15.4 Å². The lowest BCUT2D eigenvalue weighted by atomic mass is 9.69. The van der Waals surface area contributed by atoms with Crippen LogP contribution in [0.15, 0.2) is 48.7 Å². The van der Waals surface area contributed by atoms with Gasteiger partial charge in [0.05, 0.1) is 23.8 Å². The van der Waals surface area contributed by atoms with Crippen LogP contribution < -0.4 is 15.4 Å². The first kappa shape index (κ1) is 20.9. The van der Waals surface area contributed by atoms with Gasteiger partial charge in [0.15, 0.2) is 0 Å². The number of hydrogen-bond acceptors (Lipinski definition) is 5. The Kier molecular flexibility index (Phi) is 5.69. The quantitative estimate of drug-likeness (QED) is 0.687. The van der Waals surface area contributed by atoms with Gasteiger partial charge in [-0.15, -0.1) is 0 Å². The van der Waals surface area contributed by atoms with Crippen molar-refractivity contribution in [2.24, 2.45) is 11.3 Å². The van der Waals surface area contributed by atoms with Crippen LogP contribution in [0.3, 0.4) is 0 Å². The number of nitriles is 1. The standard InChI is InChI=1S/C25H28N4O2/c1-4-31-22-11-9-17(14-27-22)24(30)28-15-25(2,3)23-19-7-5-6-18(19)20-12-16(13-26)8-10-21(20)29-23/h5-6,8-12,14,18-19,23,29H,4,7,15H2,1-3H3,(H,28,30)/t18-,19+,23-/m0/s1. The van der Waals surface area contributed by atoms with E-state index in [0.717, 1.165) is 12.1 Å². The normalized spacial score (nSPS) is 21.4. The highest BCUT2D eigenvalue weighted by Gasteiger charge is 2.44. The van der Waals surface area contributed by atoms with Crippen LogP contribution in [-0.2, 0) is 0 Å². The number of ether oxygens (including phenoxy) is 1. The number of aromatic nitrogens is 1. The Bertz CT molecular complexity index is 1040. The Morgan fingerprint density at radius 2 is 2.19 bits per heavy atom. The minimum atomic E-state index is -0.186. The second-order valence-electron chi connectivity index (χ2n) is 8.88. The van der Waals surface area contributed by atoms with Gasteiger partial charge >= 0.3 is 0 Å². The Hall–Kier alpha value is -3.33. The van der Waals surface area contributed by atoms with Gasteiger partial charge in [0.2, 0.25) is 5.88 Å². The maximum absolute atomic E-state index is 12.7. The molecule has 6 nitrogen and oxygen atoms in total. The highest BCUT2D eigenvalue weighted by atomic mass is 16.5. The van der Waals surface area contributed by atoms with E-state index in [1.165, 1.54) is 5.56 Å². The zero-order chi connectivity index (χ0) is 22.0. The van der Waals surface area contributed by atoms with E-state index in [2.05, 4.69) is 47.7 Å². The van der Waals surface area contributed by atoms with E-state index in [-0.39, 0.29) is 17.4 Å². The van der Waals surface area contributed by atoms with Crippen molar-refractivity contribution in [3.05, 3.63) is 65.4 Å². The molecular formula is C25H28N4O2. The smallest absolute Gasteiger partial charge is 0.252 e. The summed E-state index contributed by atoms with van der Waals surface area (Å²) in [5.74, 6) is 1.06. The van der Waals surface area contributed by atoms with E-state index in [1.54, 1.807) is 18.3 Å². The Labute approximate surface area is 183 Å². The fourth-order valence-corrected chi connectivity index (χ4v) is 4.71. The minimum Gasteiger partial charge on any atom is -0.478 e. The molecule has 31 heavy (non-hydrogen) atoms. The molecule has 0 unspecified atom stereocenters. The Morgan fingerprint density at radius 1 is 1.35 bits per heavy atom. The summed E-state index contributed by atoms with van der Waals surface area (Å²) in [5, 5.41) is 16.1. The van der Waals surface area contributed by atoms with Crippen molar-refractivity contribution >= 4 is 11.6 Å². The number of nitrogens with zero attached hydrogens (tertiary/aromatic N) is 2. The number of pyridine rings is 1. The van der Waals surface area contributed by atoms with Crippen molar-refractivity contribution in [3.63, 3.8) is 0 Å². The van der Waals surface area contributed by atoms with E-state index in [4.69, 9.17) is 4.74 Å². The molecule has 1 aliphatic heterocycles. The summed E-state index contributed by atoms with van der Waals surface area (Å²) in [7, 11) is 0. The van der Waals surface area contributed by atoms with Crippen molar-refractivity contribution in [3.8, 4) is 11.9 Å². The predicted molar refractivity (Wildman–Crippen MR) is 120 cm³/mol. The van der Waals surface area contributed by atoms with Crippen LogP contribution in [0.25, 0.3) is 0 Å². The van der Waals surface area contributed by atoms with E-state index in [9.17, 15) is 10.1 Å². The summed E-state index contributed by atoms with van der Waals surface area (Å²) < 4.78 is 5.34. The first-order chi connectivity index (χ1) is 14.9. The van der Waals surface area contributed by atoms with Gasteiger partial charge in [-0.2, -0.15) is 5.26 Å². The molecule has 160 valence electrons. The average Bonchev–Trinajstić information content (AvgIpc) is 3.27. The summed E-state index contributed by atoms with van der Waals surface area (Å²) >= 11 is 0. The third-order valence-electron chi connectivity index (χ3n) is 6.33. The van der Waals surface area contributed by atoms with Crippen LogP contribution in [-0.4, -0.2) is 30.1 Å². The molecule has 4 rings (SSSR count). The lowest BCUT2D eigenvalue weighted by Gasteiger charge is -2.45. The summed E-state index contributed by atoms with van der Waals surface area (Å²) in [4.78, 5) is 16.9. The minimum absolute atomic E-state index is 0.139. The van der Waals surface area contributed by atoms with Gasteiger partial charge in [-0.1, -0.05) is 26.0 Å². The number of carbonyl (C=O) groups excluding carboxylic acids is 1. The molecule has 0 saturated heterocycles. The molecule has 1 aliphatic carbocycles. The number of allylic oxidation sites excluding steroid dienone is 2. The highest BCUT2D eigenvalue weighted by Crippen LogP contribution is 2.48. The summed E-state index contributed by atoms with van der Waals surface area (Å²) in [6.45, 7) is 7.34. The molecule has 2 heterocycles. The zero-order valence-corrected chi connectivity index (χ0v) is 18.2. The van der Waals surface area contributed by atoms with Crippen molar-refractivity contribution in [1.29, 1.82) is 5.26 Å². The SMILES string of the molecule is CCOc1ccc(C(=O)NCC(C)(C)[C@H]2Nc3ccc(C#N)cc3[C@H]3C=CC[C@H]32)cn1. The van der Waals surface area contributed by atoms with Crippen LogP contribution in [0.4, 0.5) is 5.69 Å². The monoisotopic (exact) mass is 416 g/mol. The molecule has 0 radical (unpaired) electrons. The number of amides is 1. The second kappa shape index (κ2) is 8.43. The first-order valence-corrected chi connectivity index (χ1v) is 10.8. The Morgan fingerprint density at radius 3 is 2.90 bits per heavy atom. The van der Waals surface area contributed by atoms with Gasteiger partial charge in [-0.25, -0.2) is 4.98 Å². The molecule has 3 atom stereocenters. The molecule has 1 amide bonds. The number of anilines is 1. The third kappa shape index (κ3) is 4.13. The molecular weight excluding hydrogens is 388 g/mol. The number of rotatable bonds is 6. The largest absolute Gasteiger partial charge is 0.478 e. The number of nitrogens with one attached hydrogen (secondary N) is 2. The predicted octanol–water partition coefficient (Wildman–Crippen LogP) is 4.26. The molecule has 1 aromatic heterocycles. The molecule has 0 spiro atoms. The molecule has 2 N–H and O–H groups in total. The van der Waals surface area contributed by atoms with Gasteiger partial charge in [-0.05, 0) is 49.1 Å². The van der Waals surface area contributed by atoms with Gasteiger partial charge in [0.1, 0.15) is 0 Å². The second-order valence-corrected chi connectivity index (χ2v) is 8.88. The summed E-state index contributed by atoms with van der Waals surface area (Å²) in [5.41, 5.74) is 3.29. The first-order valence-electron chi connectivity index (χ1n) is 10.8. The van der Waals surface area contributed by atoms with E-state index in [1.807, 2.05) is 25.1 Å². The van der Waals surface area contributed by atoms with Gasteiger partial charge in [0.25, 0.3) is 5.91 Å². The maximum atomic E-state index is 12.7. The topological polar surface area (TPSA) is 87.0 Å². The number of carbonyl (C=O) groups is 1. The molecule has 1 aromatic carbocycles. The van der Waals surface area contributed by atoms with Crippen molar-refractivity contribution in [2.45, 2.75) is 39.2 Å². The van der Waals surface area contributed by atoms with Crippen LogP contribution in [0, 0.1) is 22.7 Å². The van der Waals surface area contributed by atoms with Crippen LogP contribution in [0.2, 0.25) is 0 Å². The van der Waals surface area contributed by atoms with Crippen molar-refractivity contribution < 1.29 is 9.53 Å². The van der Waals surface area contributed by atoms with E-state index in [0.29, 0.717) is 42.0 Å². The molecule has 6 heteroatoms. The van der Waals surface area contributed by atoms with Crippen molar-refractivity contribution in [2.75, 3.05) is 18.5 Å². The van der Waals surface area contributed by atoms with E-state index >= 15 is 0 Å². The third-order valence-corrected chi connectivity index (χ3v) is 6.33. The number of hydrogen-bond donors (Lipinski definition) is 2. The molecule has 2 aromatic rings. The lowest BCUT2D eigenvalue weighted by Crippen LogP contribution is -2.51. The maximum Gasteiger partial charge on any atom is 0.252 e. The summed E-state index contributed by atoms with van der Waals surface area (Å²) in [6, 6.07) is 11.7. The summed E-state index contributed by atoms with van der Waals surface area (Å²) in [6.07, 6.45) is 7.03. The van der Waals surface area contributed by atoms with Gasteiger partial charge in [0, 0.05) is 41.9 Å². The highest BCUT2D eigenvalue weighted by molar-refractivity contribution is 5.93. The van der Waals surface area contributed by atoms with Crippen LogP contribution in [0.1, 0.15) is 54.6 Å². The molecule has 0 saturated carbocycles. The lowest BCUT2D eigenvalue weighted by molar-refractivity contribution is 0.0923. The number of fused-ring (bicyclic) bond motifs is 3. The fraction of sp³-hybridized carbons (Fsp3) is 0.400. The molecule has 0 bridgehead atoms. The molecule has 2 aliphatic rings. The zero-order valence-electron chi connectivity index (χ0n) is 18.2.